The van der Waals surface area contributed by atoms with Gasteiger partial charge >= 0.3 is 6.18 Å². The normalized spacial score (nSPS) is 15.0. The number of benzene rings is 3. The van der Waals surface area contributed by atoms with Crippen molar-refractivity contribution >= 4 is 27.3 Å². The SMILES string of the molecule is O=C(CN1N=C(c2ccccc2)c2ccccc2S1(=O)=O)Nc1ccccc1C(F)(F)F. The average molecular weight is 459 g/mol. The number of halogens is 3. The van der Waals surface area contributed by atoms with Crippen LogP contribution in [0.5, 0.6) is 0 Å². The summed E-state index contributed by atoms with van der Waals surface area (Å²) in [7, 11) is -4.19. The molecule has 1 heterocycles. The van der Waals surface area contributed by atoms with Crippen molar-refractivity contribution in [3.63, 3.8) is 0 Å². The van der Waals surface area contributed by atoms with Gasteiger partial charge in [-0.3, -0.25) is 4.79 Å². The Labute approximate surface area is 182 Å². The second-order valence-corrected chi connectivity index (χ2v) is 8.70. The smallest absolute Gasteiger partial charge is 0.324 e. The highest BCUT2D eigenvalue weighted by atomic mass is 32.2. The summed E-state index contributed by atoms with van der Waals surface area (Å²) in [5.74, 6) is -0.958. The molecule has 1 aliphatic heterocycles. The van der Waals surface area contributed by atoms with E-state index in [2.05, 4.69) is 10.4 Å². The van der Waals surface area contributed by atoms with Gasteiger partial charge in [-0.1, -0.05) is 60.7 Å². The van der Waals surface area contributed by atoms with Crippen LogP contribution in [0.1, 0.15) is 16.7 Å². The number of nitrogens with one attached hydrogen (secondary N) is 1. The highest BCUT2D eigenvalue weighted by Crippen LogP contribution is 2.35. The summed E-state index contributed by atoms with van der Waals surface area (Å²) < 4.78 is 66.3. The Kier molecular flexibility index (Phi) is 5.47. The van der Waals surface area contributed by atoms with Crippen LogP contribution in [-0.2, 0) is 21.0 Å². The van der Waals surface area contributed by atoms with Crippen molar-refractivity contribution in [1.82, 2.24) is 4.41 Å². The lowest BCUT2D eigenvalue weighted by Gasteiger charge is -2.27. The molecule has 1 amide bonds. The number of hydrazone groups is 1. The van der Waals surface area contributed by atoms with Gasteiger partial charge in [0, 0.05) is 11.1 Å². The van der Waals surface area contributed by atoms with Crippen molar-refractivity contribution in [2.75, 3.05) is 11.9 Å². The molecule has 0 bridgehead atoms. The molecule has 4 rings (SSSR count). The minimum Gasteiger partial charge on any atom is -0.324 e. The first-order valence-corrected chi connectivity index (χ1v) is 10.8. The number of carbonyl (C=O) groups excluding carboxylic acids is 1. The Hall–Kier alpha value is -3.66. The van der Waals surface area contributed by atoms with E-state index in [0.717, 1.165) is 12.1 Å². The van der Waals surface area contributed by atoms with Gasteiger partial charge in [-0.25, -0.2) is 0 Å². The number of anilines is 1. The zero-order valence-corrected chi connectivity index (χ0v) is 17.2. The molecule has 6 nitrogen and oxygen atoms in total. The Balaban J connectivity index is 1.69. The number of fused-ring (bicyclic) bond motifs is 1. The number of hydrogen-bond donors (Lipinski definition) is 1. The molecule has 0 radical (unpaired) electrons. The molecule has 1 N–H and O–H groups in total. The zero-order chi connectivity index (χ0) is 22.9. The molecule has 10 heteroatoms. The molecule has 0 saturated heterocycles. The van der Waals surface area contributed by atoms with Crippen LogP contribution < -0.4 is 5.32 Å². The summed E-state index contributed by atoms with van der Waals surface area (Å²) in [5.41, 5.74) is -0.166. The van der Waals surface area contributed by atoms with Crippen LogP contribution in [0.25, 0.3) is 0 Å². The van der Waals surface area contributed by atoms with E-state index in [4.69, 9.17) is 0 Å². The Bertz CT molecular complexity index is 1310. The van der Waals surface area contributed by atoms with Crippen LogP contribution in [0.4, 0.5) is 18.9 Å². The van der Waals surface area contributed by atoms with Crippen molar-refractivity contribution < 1.29 is 26.4 Å². The molecular weight excluding hydrogens is 443 g/mol. The van der Waals surface area contributed by atoms with E-state index in [9.17, 15) is 26.4 Å². The Morgan fingerprint density at radius 2 is 1.53 bits per heavy atom. The number of carbonyl (C=O) groups is 1. The third-order valence-corrected chi connectivity index (χ3v) is 6.42. The molecule has 0 saturated carbocycles. The molecule has 0 unspecified atom stereocenters. The number of amides is 1. The van der Waals surface area contributed by atoms with Gasteiger partial charge in [0.05, 0.1) is 16.1 Å². The van der Waals surface area contributed by atoms with Gasteiger partial charge in [0.25, 0.3) is 10.0 Å². The molecule has 32 heavy (non-hydrogen) atoms. The van der Waals surface area contributed by atoms with E-state index in [1.807, 2.05) is 0 Å². The van der Waals surface area contributed by atoms with E-state index in [0.29, 0.717) is 21.3 Å². The van der Waals surface area contributed by atoms with E-state index in [-0.39, 0.29) is 4.90 Å². The highest BCUT2D eigenvalue weighted by Gasteiger charge is 2.36. The minimum atomic E-state index is -4.68. The van der Waals surface area contributed by atoms with Crippen LogP contribution in [0.2, 0.25) is 0 Å². The summed E-state index contributed by atoms with van der Waals surface area (Å²) in [5, 5.41) is 6.32. The van der Waals surface area contributed by atoms with Crippen LogP contribution in [0.3, 0.4) is 0 Å². The van der Waals surface area contributed by atoms with Gasteiger partial charge in [0.1, 0.15) is 12.3 Å². The summed E-state index contributed by atoms with van der Waals surface area (Å²) in [6.45, 7) is -0.792. The monoisotopic (exact) mass is 459 g/mol. The maximum atomic E-state index is 13.2. The molecule has 1 aliphatic rings. The fourth-order valence-electron chi connectivity index (χ4n) is 3.30. The number of hydrogen-bond acceptors (Lipinski definition) is 4. The molecule has 0 aliphatic carbocycles. The maximum absolute atomic E-state index is 13.2. The summed E-state index contributed by atoms with van der Waals surface area (Å²) in [6, 6.07) is 19.5. The van der Waals surface area contributed by atoms with E-state index in [1.54, 1.807) is 48.5 Å². The van der Waals surface area contributed by atoms with Crippen molar-refractivity contribution in [1.29, 1.82) is 0 Å². The van der Waals surface area contributed by atoms with Crippen LogP contribution in [0, 0.1) is 0 Å². The Morgan fingerprint density at radius 1 is 0.906 bits per heavy atom. The average Bonchev–Trinajstić information content (AvgIpc) is 2.76. The van der Waals surface area contributed by atoms with Gasteiger partial charge < -0.3 is 5.32 Å². The first kappa shape index (κ1) is 21.6. The van der Waals surface area contributed by atoms with Crippen LogP contribution >= 0.6 is 0 Å². The molecule has 164 valence electrons. The molecule has 0 aromatic heterocycles. The van der Waals surface area contributed by atoms with E-state index < -0.39 is 39.9 Å². The molecule has 3 aromatic carbocycles. The number of para-hydroxylation sites is 1. The first-order valence-electron chi connectivity index (χ1n) is 9.40. The van der Waals surface area contributed by atoms with Gasteiger partial charge in [-0.15, -0.1) is 0 Å². The molecule has 0 fully saturated rings. The number of nitrogens with zero attached hydrogens (tertiary/aromatic N) is 2. The minimum absolute atomic E-state index is 0.0441. The second-order valence-electron chi connectivity index (χ2n) is 6.89. The highest BCUT2D eigenvalue weighted by molar-refractivity contribution is 7.89. The van der Waals surface area contributed by atoms with Gasteiger partial charge in [-0.05, 0) is 18.2 Å². The van der Waals surface area contributed by atoms with Gasteiger partial charge in [0.15, 0.2) is 0 Å². The van der Waals surface area contributed by atoms with Crippen molar-refractivity contribution in [3.05, 3.63) is 95.6 Å². The topological polar surface area (TPSA) is 78.8 Å². The third-order valence-electron chi connectivity index (χ3n) is 4.74. The Morgan fingerprint density at radius 3 is 2.25 bits per heavy atom. The van der Waals surface area contributed by atoms with Crippen molar-refractivity contribution in [2.45, 2.75) is 11.1 Å². The first-order chi connectivity index (χ1) is 15.2. The third kappa shape index (κ3) is 4.09. The number of rotatable bonds is 4. The predicted octanol–water partition coefficient (Wildman–Crippen LogP) is 4.10. The quantitative estimate of drug-likeness (QED) is 0.638. The lowest BCUT2D eigenvalue weighted by atomic mass is 10.0. The number of alkyl halides is 3. The van der Waals surface area contributed by atoms with Crippen molar-refractivity contribution in [2.24, 2.45) is 5.10 Å². The molecular formula is C22H16F3N3O3S. The van der Waals surface area contributed by atoms with Crippen LogP contribution in [-0.4, -0.2) is 31.0 Å². The predicted molar refractivity (Wildman–Crippen MR) is 112 cm³/mol. The summed E-state index contributed by atoms with van der Waals surface area (Å²) in [4.78, 5) is 12.5. The second kappa shape index (κ2) is 8.12. The van der Waals surface area contributed by atoms with Crippen LogP contribution in [0.15, 0.2) is 88.9 Å². The molecule has 0 spiro atoms. The fraction of sp³-hybridized carbons (Fsp3) is 0.0909. The lowest BCUT2D eigenvalue weighted by Crippen LogP contribution is -2.38. The van der Waals surface area contributed by atoms with Gasteiger partial charge in [0.2, 0.25) is 5.91 Å². The standard InChI is InChI=1S/C22H16F3N3O3S/c23-22(24,25)17-11-5-6-12-18(17)26-20(29)14-28-27-21(15-8-2-1-3-9-15)16-10-4-7-13-19(16)32(28,30)31/h1-13H,14H2,(H,26,29). The van der Waals surface area contributed by atoms with E-state index in [1.165, 1.54) is 18.2 Å². The number of sulfonamides is 1. The lowest BCUT2D eigenvalue weighted by molar-refractivity contribution is -0.137. The van der Waals surface area contributed by atoms with E-state index >= 15 is 0 Å². The van der Waals surface area contributed by atoms with Crippen molar-refractivity contribution in [3.8, 4) is 0 Å². The molecule has 3 aromatic rings. The largest absolute Gasteiger partial charge is 0.418 e. The summed E-state index contributed by atoms with van der Waals surface area (Å²) in [6.07, 6.45) is -4.68. The fourth-order valence-corrected chi connectivity index (χ4v) is 4.70. The maximum Gasteiger partial charge on any atom is 0.418 e. The summed E-state index contributed by atoms with van der Waals surface area (Å²) >= 11 is 0. The van der Waals surface area contributed by atoms with Gasteiger partial charge in [-0.2, -0.15) is 31.1 Å². The molecule has 0 atom stereocenters. The zero-order valence-electron chi connectivity index (χ0n) is 16.4.